The van der Waals surface area contributed by atoms with E-state index in [0.29, 0.717) is 0 Å². The quantitative estimate of drug-likeness (QED) is 0.575. The van der Waals surface area contributed by atoms with Crippen molar-refractivity contribution in [1.82, 2.24) is 5.32 Å². The average molecular weight is 147 g/mol. The van der Waals surface area contributed by atoms with Crippen molar-refractivity contribution in [3.8, 4) is 0 Å². The maximum absolute atomic E-state index is 10.1. The molecule has 1 heterocycles. The molecule has 1 aliphatic heterocycles. The average Bonchev–Trinajstić information content (AvgIpc) is 1.60. The maximum Gasteiger partial charge on any atom is 0.405 e. The summed E-state index contributed by atoms with van der Waals surface area (Å²) >= 11 is 1.76. The predicted octanol–water partition coefficient (Wildman–Crippen LogP) is 0.760. The van der Waals surface area contributed by atoms with Gasteiger partial charge in [0.1, 0.15) is 0 Å². The topological polar surface area (TPSA) is 49.3 Å². The minimum atomic E-state index is -0.919. The first-order valence-corrected chi connectivity index (χ1v) is 3.87. The normalized spacial score (nSPS) is 22.3. The lowest BCUT2D eigenvalue weighted by atomic mass is 10.1. The fourth-order valence-corrected chi connectivity index (χ4v) is 1.70. The molecule has 0 aromatic rings. The van der Waals surface area contributed by atoms with Crippen LogP contribution in [0.15, 0.2) is 0 Å². The molecule has 1 rings (SSSR count). The van der Waals surface area contributed by atoms with Crippen molar-refractivity contribution in [1.29, 1.82) is 0 Å². The molecule has 2 N–H and O–H groups in total. The van der Waals surface area contributed by atoms with Crippen LogP contribution in [0, 0.1) is 0 Å². The summed E-state index contributed by atoms with van der Waals surface area (Å²) in [6.07, 6.45) is -0.919. The number of carboxylic acid groups (broad SMARTS) is 1. The third-order valence-electron chi connectivity index (χ3n) is 1.25. The van der Waals surface area contributed by atoms with E-state index < -0.39 is 6.09 Å². The van der Waals surface area contributed by atoms with Crippen molar-refractivity contribution in [3.63, 3.8) is 0 Å². The molecule has 0 spiro atoms. The third kappa shape index (κ3) is 1.51. The summed E-state index contributed by atoms with van der Waals surface area (Å²) in [4.78, 5) is 10.1. The van der Waals surface area contributed by atoms with E-state index in [-0.39, 0.29) is 5.54 Å². The van der Waals surface area contributed by atoms with E-state index in [2.05, 4.69) is 5.32 Å². The summed E-state index contributed by atoms with van der Waals surface area (Å²) in [5.41, 5.74) is -0.142. The zero-order chi connectivity index (χ0) is 6.91. The van der Waals surface area contributed by atoms with E-state index in [1.165, 1.54) is 0 Å². The van der Waals surface area contributed by atoms with Crippen LogP contribution < -0.4 is 5.32 Å². The Morgan fingerprint density at radius 2 is 2.33 bits per heavy atom. The van der Waals surface area contributed by atoms with Gasteiger partial charge in [0.15, 0.2) is 0 Å². The Labute approximate surface area is 57.8 Å². The summed E-state index contributed by atoms with van der Waals surface area (Å²) in [5.74, 6) is 1.80. The van der Waals surface area contributed by atoms with E-state index in [0.717, 1.165) is 11.5 Å². The van der Waals surface area contributed by atoms with Crippen molar-refractivity contribution in [2.24, 2.45) is 0 Å². The van der Waals surface area contributed by atoms with E-state index in [4.69, 9.17) is 5.11 Å². The van der Waals surface area contributed by atoms with Crippen LogP contribution in [-0.2, 0) is 0 Å². The fraction of sp³-hybridized carbons (Fsp3) is 0.800. The molecule has 3 nitrogen and oxygen atoms in total. The van der Waals surface area contributed by atoms with E-state index in [1.54, 1.807) is 11.8 Å². The third-order valence-corrected chi connectivity index (χ3v) is 2.93. The summed E-state index contributed by atoms with van der Waals surface area (Å²) in [5, 5.41) is 10.7. The standard InChI is InChI=1S/C5H9NO2S/c1-5(2-9-3-5)6-4(7)8/h6H,2-3H2,1H3,(H,7,8). The van der Waals surface area contributed by atoms with Gasteiger partial charge in [-0.15, -0.1) is 0 Å². The van der Waals surface area contributed by atoms with Gasteiger partial charge in [0.05, 0.1) is 5.54 Å². The van der Waals surface area contributed by atoms with Gasteiger partial charge >= 0.3 is 6.09 Å². The minimum absolute atomic E-state index is 0.142. The van der Waals surface area contributed by atoms with Gasteiger partial charge in [0.2, 0.25) is 0 Å². The second kappa shape index (κ2) is 2.10. The van der Waals surface area contributed by atoms with Crippen LogP contribution in [-0.4, -0.2) is 28.2 Å². The van der Waals surface area contributed by atoms with Gasteiger partial charge in [-0.3, -0.25) is 0 Å². The molecular formula is C5H9NO2S. The molecule has 0 unspecified atom stereocenters. The Hall–Kier alpha value is -0.380. The number of hydrogen-bond acceptors (Lipinski definition) is 2. The Balaban J connectivity index is 2.33. The Kier molecular flexibility index (Phi) is 1.57. The van der Waals surface area contributed by atoms with Crippen molar-refractivity contribution in [2.75, 3.05) is 11.5 Å². The predicted molar refractivity (Wildman–Crippen MR) is 36.9 cm³/mol. The molecule has 0 atom stereocenters. The van der Waals surface area contributed by atoms with Crippen molar-refractivity contribution in [3.05, 3.63) is 0 Å². The van der Waals surface area contributed by atoms with Gasteiger partial charge in [-0.1, -0.05) is 0 Å². The van der Waals surface area contributed by atoms with Crippen LogP contribution in [0.3, 0.4) is 0 Å². The summed E-state index contributed by atoms with van der Waals surface area (Å²) < 4.78 is 0. The smallest absolute Gasteiger partial charge is 0.405 e. The van der Waals surface area contributed by atoms with Crippen molar-refractivity contribution in [2.45, 2.75) is 12.5 Å². The molecule has 1 aliphatic rings. The van der Waals surface area contributed by atoms with Gasteiger partial charge < -0.3 is 10.4 Å². The summed E-state index contributed by atoms with van der Waals surface area (Å²) in [6.45, 7) is 1.91. The van der Waals surface area contributed by atoms with Crippen LogP contribution in [0.2, 0.25) is 0 Å². The number of amides is 1. The van der Waals surface area contributed by atoms with Crippen molar-refractivity contribution < 1.29 is 9.90 Å². The Morgan fingerprint density at radius 3 is 2.44 bits per heavy atom. The highest BCUT2D eigenvalue weighted by molar-refractivity contribution is 8.00. The fourth-order valence-electron chi connectivity index (χ4n) is 0.739. The highest BCUT2D eigenvalue weighted by Gasteiger charge is 2.33. The van der Waals surface area contributed by atoms with E-state index in [1.807, 2.05) is 6.92 Å². The Bertz CT molecular complexity index is 133. The second-order valence-electron chi connectivity index (χ2n) is 2.48. The largest absolute Gasteiger partial charge is 0.465 e. The van der Waals surface area contributed by atoms with E-state index >= 15 is 0 Å². The molecule has 0 saturated carbocycles. The van der Waals surface area contributed by atoms with Gasteiger partial charge in [-0.25, -0.2) is 4.79 Å². The van der Waals surface area contributed by atoms with Crippen LogP contribution in [0.1, 0.15) is 6.92 Å². The lowest BCUT2D eigenvalue weighted by Gasteiger charge is -2.37. The first kappa shape index (κ1) is 6.74. The van der Waals surface area contributed by atoms with Gasteiger partial charge in [0.25, 0.3) is 0 Å². The zero-order valence-corrected chi connectivity index (χ0v) is 5.99. The lowest BCUT2D eigenvalue weighted by Crippen LogP contribution is -2.55. The molecule has 0 bridgehead atoms. The Morgan fingerprint density at radius 1 is 1.78 bits per heavy atom. The lowest BCUT2D eigenvalue weighted by molar-refractivity contribution is 0.184. The van der Waals surface area contributed by atoms with Gasteiger partial charge in [0, 0.05) is 11.5 Å². The SMILES string of the molecule is CC1(NC(=O)O)CSC1. The summed E-state index contributed by atoms with van der Waals surface area (Å²) in [6, 6.07) is 0. The highest BCUT2D eigenvalue weighted by Crippen LogP contribution is 2.28. The summed E-state index contributed by atoms with van der Waals surface area (Å²) in [7, 11) is 0. The van der Waals surface area contributed by atoms with Gasteiger partial charge in [-0.2, -0.15) is 11.8 Å². The van der Waals surface area contributed by atoms with E-state index in [9.17, 15) is 4.79 Å². The molecule has 0 radical (unpaired) electrons. The monoisotopic (exact) mass is 147 g/mol. The van der Waals surface area contributed by atoms with Crippen LogP contribution in [0.25, 0.3) is 0 Å². The van der Waals surface area contributed by atoms with Crippen LogP contribution in [0.4, 0.5) is 4.79 Å². The first-order valence-electron chi connectivity index (χ1n) is 2.71. The molecule has 0 aromatic carbocycles. The van der Waals surface area contributed by atoms with Crippen LogP contribution >= 0.6 is 11.8 Å². The second-order valence-corrected chi connectivity index (χ2v) is 3.47. The number of nitrogens with one attached hydrogen (secondary N) is 1. The molecule has 1 amide bonds. The minimum Gasteiger partial charge on any atom is -0.465 e. The molecule has 0 aliphatic carbocycles. The van der Waals surface area contributed by atoms with Gasteiger partial charge in [-0.05, 0) is 6.92 Å². The molecule has 1 fully saturated rings. The molecule has 52 valence electrons. The molecule has 9 heavy (non-hydrogen) atoms. The molecule has 0 aromatic heterocycles. The molecular weight excluding hydrogens is 138 g/mol. The maximum atomic E-state index is 10.1. The van der Waals surface area contributed by atoms with Crippen molar-refractivity contribution >= 4 is 17.9 Å². The molecule has 1 saturated heterocycles. The van der Waals surface area contributed by atoms with Crippen LogP contribution in [0.5, 0.6) is 0 Å². The zero-order valence-electron chi connectivity index (χ0n) is 5.18. The highest BCUT2D eigenvalue weighted by atomic mass is 32.2. The first-order chi connectivity index (χ1) is 4.12. The molecule has 4 heteroatoms. The number of thioether (sulfide) groups is 1. The number of hydrogen-bond donors (Lipinski definition) is 2. The number of carbonyl (C=O) groups is 1. The number of rotatable bonds is 1.